The highest BCUT2D eigenvalue weighted by atomic mass is 16.1. The van der Waals surface area contributed by atoms with Crippen LogP contribution < -0.4 is 16.0 Å². The molecule has 7 nitrogen and oxygen atoms in total. The van der Waals surface area contributed by atoms with E-state index in [0.717, 1.165) is 25.2 Å². The maximum Gasteiger partial charge on any atom is 0.227 e. The highest BCUT2D eigenvalue weighted by molar-refractivity contribution is 5.90. The van der Waals surface area contributed by atoms with Gasteiger partial charge in [0.05, 0.1) is 0 Å². The number of aryl methyl sites for hydroxylation is 2. The van der Waals surface area contributed by atoms with E-state index >= 15 is 0 Å². The molecule has 3 rings (SSSR count). The molecule has 0 unspecified atom stereocenters. The zero-order valence-corrected chi connectivity index (χ0v) is 17.0. The summed E-state index contributed by atoms with van der Waals surface area (Å²) in [6.07, 6.45) is 3.43. The first kappa shape index (κ1) is 20.4. The van der Waals surface area contributed by atoms with Gasteiger partial charge in [-0.05, 0) is 43.0 Å². The van der Waals surface area contributed by atoms with Gasteiger partial charge < -0.3 is 20.5 Å². The van der Waals surface area contributed by atoms with Gasteiger partial charge in [0.2, 0.25) is 5.91 Å². The van der Waals surface area contributed by atoms with Crippen LogP contribution in [0, 0.1) is 6.92 Å². The molecule has 152 valence electrons. The van der Waals surface area contributed by atoms with Crippen LogP contribution in [-0.4, -0.2) is 41.6 Å². The van der Waals surface area contributed by atoms with E-state index in [1.165, 1.54) is 10.9 Å². The summed E-state index contributed by atoms with van der Waals surface area (Å²) in [7, 11) is 1.73. The molecular weight excluding hydrogens is 364 g/mol. The molecule has 1 aromatic carbocycles. The Morgan fingerprint density at radius 1 is 1.07 bits per heavy atom. The predicted molar refractivity (Wildman–Crippen MR) is 118 cm³/mol. The Balaban J connectivity index is 1.34. The molecule has 0 saturated heterocycles. The Morgan fingerprint density at radius 2 is 1.90 bits per heavy atom. The van der Waals surface area contributed by atoms with Crippen LogP contribution in [-0.2, 0) is 11.3 Å². The van der Waals surface area contributed by atoms with Crippen molar-refractivity contribution in [2.45, 2.75) is 26.3 Å². The van der Waals surface area contributed by atoms with Gasteiger partial charge in [0.1, 0.15) is 5.82 Å². The molecule has 3 aromatic rings. The summed E-state index contributed by atoms with van der Waals surface area (Å²) < 4.78 is 2.26. The highest BCUT2D eigenvalue weighted by Crippen LogP contribution is 2.15. The molecule has 0 bridgehead atoms. The monoisotopic (exact) mass is 392 g/mol. The topological polar surface area (TPSA) is 83.3 Å². The van der Waals surface area contributed by atoms with Crippen LogP contribution in [0.15, 0.2) is 59.7 Å². The van der Waals surface area contributed by atoms with Gasteiger partial charge >= 0.3 is 0 Å². The number of pyridine rings is 1. The van der Waals surface area contributed by atoms with Gasteiger partial charge in [-0.2, -0.15) is 0 Å². The summed E-state index contributed by atoms with van der Waals surface area (Å²) in [4.78, 5) is 20.5. The summed E-state index contributed by atoms with van der Waals surface area (Å²) in [6, 6.07) is 16.1. The fraction of sp³-hybridized carbons (Fsp3) is 0.318. The van der Waals surface area contributed by atoms with E-state index in [0.29, 0.717) is 24.7 Å². The van der Waals surface area contributed by atoms with Gasteiger partial charge in [-0.15, -0.1) is 0 Å². The van der Waals surface area contributed by atoms with Gasteiger partial charge in [0.25, 0.3) is 0 Å². The lowest BCUT2D eigenvalue weighted by Gasteiger charge is -2.12. The Morgan fingerprint density at radius 3 is 2.72 bits per heavy atom. The number of aromatic nitrogens is 2. The number of anilines is 1. The second-order valence-corrected chi connectivity index (χ2v) is 6.81. The van der Waals surface area contributed by atoms with Crippen LogP contribution in [0.4, 0.5) is 5.82 Å². The van der Waals surface area contributed by atoms with Crippen LogP contribution in [0.2, 0.25) is 0 Å². The molecule has 7 heteroatoms. The van der Waals surface area contributed by atoms with Gasteiger partial charge in [0, 0.05) is 50.5 Å². The van der Waals surface area contributed by atoms with Crippen molar-refractivity contribution >= 4 is 28.6 Å². The molecule has 0 fully saturated rings. The molecule has 2 heterocycles. The van der Waals surface area contributed by atoms with Crippen molar-refractivity contribution in [1.82, 2.24) is 20.2 Å². The summed E-state index contributed by atoms with van der Waals surface area (Å²) in [5, 5.41) is 10.5. The average molecular weight is 393 g/mol. The number of carbonyl (C=O) groups is 1. The number of rotatable bonds is 8. The standard InChI is InChI=1S/C22H28N6O/c1-17-7-5-10-20(26-17)27-21(29)11-14-25-22(23-2)24-13-6-15-28-16-12-18-8-3-4-9-19(18)28/h3-5,7-10,12,16H,6,11,13-15H2,1-2H3,(H2,23,24,25)(H,26,27,29). The quantitative estimate of drug-likeness (QED) is 0.313. The molecular formula is C22H28N6O. The van der Waals surface area contributed by atoms with Crippen molar-refractivity contribution in [2.75, 3.05) is 25.5 Å². The van der Waals surface area contributed by atoms with Gasteiger partial charge in [0.15, 0.2) is 5.96 Å². The molecule has 0 aliphatic heterocycles. The van der Waals surface area contributed by atoms with Crippen LogP contribution >= 0.6 is 0 Å². The van der Waals surface area contributed by atoms with Crippen molar-refractivity contribution in [2.24, 2.45) is 4.99 Å². The molecule has 1 amide bonds. The zero-order valence-electron chi connectivity index (χ0n) is 17.0. The number of benzene rings is 1. The van der Waals surface area contributed by atoms with E-state index in [9.17, 15) is 4.79 Å². The molecule has 2 aromatic heterocycles. The number of para-hydroxylation sites is 1. The van der Waals surface area contributed by atoms with Crippen LogP contribution in [0.3, 0.4) is 0 Å². The normalized spacial score (nSPS) is 11.4. The second kappa shape index (κ2) is 10.3. The first-order valence-electron chi connectivity index (χ1n) is 9.87. The average Bonchev–Trinajstić information content (AvgIpc) is 3.13. The molecule has 0 atom stereocenters. The second-order valence-electron chi connectivity index (χ2n) is 6.81. The Bertz CT molecular complexity index is 978. The van der Waals surface area contributed by atoms with Crippen LogP contribution in [0.5, 0.6) is 0 Å². The molecule has 0 spiro atoms. The Labute approximate surface area is 171 Å². The third kappa shape index (κ3) is 6.07. The van der Waals surface area contributed by atoms with E-state index in [1.807, 2.05) is 19.1 Å². The molecule has 0 aliphatic rings. The van der Waals surface area contributed by atoms with Crippen LogP contribution in [0.25, 0.3) is 10.9 Å². The summed E-state index contributed by atoms with van der Waals surface area (Å²) >= 11 is 0. The zero-order chi connectivity index (χ0) is 20.5. The van der Waals surface area contributed by atoms with E-state index in [1.54, 1.807) is 13.1 Å². The Kier molecular flexibility index (Phi) is 7.22. The van der Waals surface area contributed by atoms with Crippen molar-refractivity contribution in [3.05, 3.63) is 60.4 Å². The molecule has 3 N–H and O–H groups in total. The lowest BCUT2D eigenvalue weighted by atomic mass is 10.2. The molecule has 0 radical (unpaired) electrons. The van der Waals surface area contributed by atoms with Crippen molar-refractivity contribution < 1.29 is 4.79 Å². The number of nitrogens with zero attached hydrogens (tertiary/aromatic N) is 3. The molecule has 29 heavy (non-hydrogen) atoms. The Hall–Kier alpha value is -3.35. The molecule has 0 aliphatic carbocycles. The number of fused-ring (bicyclic) bond motifs is 1. The number of amides is 1. The summed E-state index contributed by atoms with van der Waals surface area (Å²) in [5.74, 6) is 1.20. The third-order valence-electron chi connectivity index (χ3n) is 4.57. The first-order chi connectivity index (χ1) is 14.2. The number of hydrogen-bond acceptors (Lipinski definition) is 3. The minimum absolute atomic E-state index is 0.0782. The van der Waals surface area contributed by atoms with Crippen LogP contribution in [0.1, 0.15) is 18.5 Å². The van der Waals surface area contributed by atoms with Gasteiger partial charge in [-0.1, -0.05) is 24.3 Å². The third-order valence-corrected chi connectivity index (χ3v) is 4.57. The first-order valence-corrected chi connectivity index (χ1v) is 9.87. The van der Waals surface area contributed by atoms with Gasteiger partial charge in [-0.25, -0.2) is 4.98 Å². The highest BCUT2D eigenvalue weighted by Gasteiger charge is 2.05. The van der Waals surface area contributed by atoms with E-state index in [-0.39, 0.29) is 5.91 Å². The number of carbonyl (C=O) groups excluding carboxylic acids is 1. The SMILES string of the molecule is CN=C(NCCCn1ccc2ccccc21)NCCC(=O)Nc1cccc(C)n1. The predicted octanol–water partition coefficient (Wildman–Crippen LogP) is 2.93. The van der Waals surface area contributed by atoms with E-state index in [2.05, 4.69) is 67.0 Å². The molecule has 0 saturated carbocycles. The minimum Gasteiger partial charge on any atom is -0.356 e. The number of nitrogens with one attached hydrogen (secondary N) is 3. The maximum atomic E-state index is 12.0. The van der Waals surface area contributed by atoms with Crippen molar-refractivity contribution in [3.8, 4) is 0 Å². The lowest BCUT2D eigenvalue weighted by Crippen LogP contribution is -2.39. The largest absolute Gasteiger partial charge is 0.356 e. The lowest BCUT2D eigenvalue weighted by molar-refractivity contribution is -0.116. The minimum atomic E-state index is -0.0782. The number of hydrogen-bond donors (Lipinski definition) is 3. The number of aliphatic imine (C=N–C) groups is 1. The van der Waals surface area contributed by atoms with Crippen molar-refractivity contribution in [1.29, 1.82) is 0 Å². The fourth-order valence-corrected chi connectivity index (χ4v) is 3.12. The fourth-order valence-electron chi connectivity index (χ4n) is 3.12. The summed E-state index contributed by atoms with van der Waals surface area (Å²) in [6.45, 7) is 4.13. The van der Waals surface area contributed by atoms with Crippen molar-refractivity contribution in [3.63, 3.8) is 0 Å². The van der Waals surface area contributed by atoms with E-state index in [4.69, 9.17) is 0 Å². The van der Waals surface area contributed by atoms with Gasteiger partial charge in [-0.3, -0.25) is 9.79 Å². The maximum absolute atomic E-state index is 12.0. The smallest absolute Gasteiger partial charge is 0.227 e. The number of guanidine groups is 1. The van der Waals surface area contributed by atoms with E-state index < -0.39 is 0 Å². The summed E-state index contributed by atoms with van der Waals surface area (Å²) in [5.41, 5.74) is 2.13.